The smallest absolute Gasteiger partial charge is 0.210 e. The minimum atomic E-state index is -0.939. The van der Waals surface area contributed by atoms with E-state index in [-0.39, 0.29) is 34.6 Å². The van der Waals surface area contributed by atoms with Gasteiger partial charge in [0.05, 0.1) is 5.70 Å². The third kappa shape index (κ3) is 2.77. The number of thioether (sulfide) groups is 1. The van der Waals surface area contributed by atoms with Gasteiger partial charge in [-0.25, -0.2) is 0 Å². The molecule has 0 aromatic heterocycles. The van der Waals surface area contributed by atoms with E-state index in [9.17, 15) is 19.2 Å². The summed E-state index contributed by atoms with van der Waals surface area (Å²) in [6.07, 6.45) is 3.10. The average Bonchev–Trinajstić information content (AvgIpc) is 2.68. The molecular weight excluding hydrogens is 378 g/mol. The number of carbonyl (C=O) groups is 4. The highest BCUT2D eigenvalue weighted by molar-refractivity contribution is 8.14. The van der Waals surface area contributed by atoms with Gasteiger partial charge in [0.25, 0.3) is 0 Å². The van der Waals surface area contributed by atoms with Gasteiger partial charge < -0.3 is 10.1 Å². The minimum absolute atomic E-state index is 0.103. The van der Waals surface area contributed by atoms with Crippen molar-refractivity contribution in [1.82, 2.24) is 5.32 Å². The van der Waals surface area contributed by atoms with Gasteiger partial charge in [0, 0.05) is 54.2 Å². The Morgan fingerprint density at radius 3 is 2.50 bits per heavy atom. The number of carbonyl (C=O) groups excluding carboxylic acids is 4. The van der Waals surface area contributed by atoms with E-state index >= 15 is 0 Å². The molecule has 0 bridgehead atoms. The second-order valence-corrected chi connectivity index (χ2v) is 8.55. The molecule has 144 valence electrons. The number of nitrogens with one attached hydrogen (secondary N) is 1. The van der Waals surface area contributed by atoms with Crippen molar-refractivity contribution >= 4 is 34.2 Å². The third-order valence-electron chi connectivity index (χ3n) is 5.53. The Morgan fingerprint density at radius 2 is 1.86 bits per heavy atom. The first kappa shape index (κ1) is 18.8. The van der Waals surface area contributed by atoms with Crippen LogP contribution in [0.15, 0.2) is 47.7 Å². The lowest BCUT2D eigenvalue weighted by Crippen LogP contribution is -2.54. The Morgan fingerprint density at radius 1 is 1.18 bits per heavy atom. The molecule has 0 amide bonds. The molecule has 0 radical (unpaired) electrons. The fraction of sp³-hybridized carbons (Fsp3) is 0.333. The molecule has 28 heavy (non-hydrogen) atoms. The van der Waals surface area contributed by atoms with Gasteiger partial charge in [-0.2, -0.15) is 0 Å². The van der Waals surface area contributed by atoms with Crippen molar-refractivity contribution < 1.29 is 23.9 Å². The lowest BCUT2D eigenvalue weighted by Gasteiger charge is -2.47. The summed E-state index contributed by atoms with van der Waals surface area (Å²) in [5.74, 6) is -0.627. The molecule has 1 aliphatic heterocycles. The number of hydrogen-bond acceptors (Lipinski definition) is 7. The molecule has 0 fully saturated rings. The lowest BCUT2D eigenvalue weighted by atomic mass is 9.63. The van der Waals surface area contributed by atoms with Crippen LogP contribution in [0.1, 0.15) is 40.5 Å². The van der Waals surface area contributed by atoms with Gasteiger partial charge in [-0.05, 0) is 6.08 Å². The van der Waals surface area contributed by atoms with Gasteiger partial charge in [-0.1, -0.05) is 42.1 Å². The second kappa shape index (κ2) is 6.83. The molecule has 0 saturated heterocycles. The summed E-state index contributed by atoms with van der Waals surface area (Å²) in [5, 5.41) is 2.44. The molecule has 6 nitrogen and oxygen atoms in total. The van der Waals surface area contributed by atoms with Crippen LogP contribution in [-0.4, -0.2) is 41.1 Å². The number of allylic oxidation sites excluding steroid dienone is 4. The summed E-state index contributed by atoms with van der Waals surface area (Å²) in [5.41, 5.74) is 0.283. The molecule has 0 saturated carbocycles. The Balaban J connectivity index is 1.96. The first-order valence-electron chi connectivity index (χ1n) is 8.99. The van der Waals surface area contributed by atoms with Crippen molar-refractivity contribution in [2.24, 2.45) is 5.41 Å². The maximum absolute atomic E-state index is 13.5. The maximum atomic E-state index is 13.5. The van der Waals surface area contributed by atoms with Crippen LogP contribution in [0.2, 0.25) is 0 Å². The molecule has 1 spiro atoms. The number of ether oxygens (including phenoxy) is 1. The minimum Gasteiger partial charge on any atom is -0.362 e. The number of Topliss-reactive ketones (excluding diaryl/α,β-unsaturated/α-hetero) is 2. The summed E-state index contributed by atoms with van der Waals surface area (Å²) in [7, 11) is 1.52. The average molecular weight is 397 g/mol. The lowest BCUT2D eigenvalue weighted by molar-refractivity contribution is -0.115. The number of methoxy groups -OCH3 is 1. The Labute approximate surface area is 166 Å². The fourth-order valence-corrected chi connectivity index (χ4v) is 5.44. The van der Waals surface area contributed by atoms with Crippen LogP contribution in [0.5, 0.6) is 0 Å². The van der Waals surface area contributed by atoms with E-state index in [2.05, 4.69) is 5.32 Å². The van der Waals surface area contributed by atoms with Crippen LogP contribution in [0.4, 0.5) is 0 Å². The Bertz CT molecular complexity index is 979. The quantitative estimate of drug-likeness (QED) is 0.820. The summed E-state index contributed by atoms with van der Waals surface area (Å²) in [6.45, 7) is 1.44. The summed E-state index contributed by atoms with van der Waals surface area (Å²) < 4.78 is 5.50. The zero-order valence-corrected chi connectivity index (χ0v) is 16.3. The largest absolute Gasteiger partial charge is 0.362 e. The predicted molar refractivity (Wildman–Crippen MR) is 104 cm³/mol. The van der Waals surface area contributed by atoms with Gasteiger partial charge in [0.2, 0.25) is 5.78 Å². The SMILES string of the molecule is COC1C[C@]2(C=CC(=O)C[C@@H]2SC(C)=O)C2=C(N1)C(=O)c1ccccc1C2=O. The molecule has 1 heterocycles. The molecule has 3 aliphatic rings. The maximum Gasteiger partial charge on any atom is 0.210 e. The zero-order valence-electron chi connectivity index (χ0n) is 15.5. The molecule has 2 aliphatic carbocycles. The first-order chi connectivity index (χ1) is 13.4. The van der Waals surface area contributed by atoms with Crippen LogP contribution in [0.3, 0.4) is 0 Å². The van der Waals surface area contributed by atoms with E-state index in [1.54, 1.807) is 30.3 Å². The van der Waals surface area contributed by atoms with Gasteiger partial charge in [0.15, 0.2) is 16.7 Å². The molecule has 1 unspecified atom stereocenters. The molecule has 7 heteroatoms. The monoisotopic (exact) mass is 397 g/mol. The first-order valence-corrected chi connectivity index (χ1v) is 9.87. The van der Waals surface area contributed by atoms with Crippen molar-refractivity contribution in [2.75, 3.05) is 7.11 Å². The van der Waals surface area contributed by atoms with E-state index < -0.39 is 16.9 Å². The van der Waals surface area contributed by atoms with Crippen LogP contribution in [-0.2, 0) is 14.3 Å². The topological polar surface area (TPSA) is 89.5 Å². The van der Waals surface area contributed by atoms with Crippen molar-refractivity contribution in [3.63, 3.8) is 0 Å². The molecular formula is C21H19NO5S. The van der Waals surface area contributed by atoms with E-state index in [0.717, 1.165) is 11.8 Å². The van der Waals surface area contributed by atoms with Crippen LogP contribution in [0.25, 0.3) is 0 Å². The Kier molecular flexibility index (Phi) is 4.59. The normalized spacial score (nSPS) is 28.9. The number of rotatable bonds is 2. The van der Waals surface area contributed by atoms with Crippen LogP contribution in [0, 0.1) is 5.41 Å². The highest BCUT2D eigenvalue weighted by atomic mass is 32.2. The summed E-state index contributed by atoms with van der Waals surface area (Å²) in [6, 6.07) is 6.71. The van der Waals surface area contributed by atoms with E-state index in [0.29, 0.717) is 23.1 Å². The zero-order chi connectivity index (χ0) is 20.1. The predicted octanol–water partition coefficient (Wildman–Crippen LogP) is 2.45. The third-order valence-corrected chi connectivity index (χ3v) is 6.74. The van der Waals surface area contributed by atoms with Crippen LogP contribution >= 0.6 is 11.8 Å². The van der Waals surface area contributed by atoms with Crippen molar-refractivity contribution in [3.05, 3.63) is 58.8 Å². The fourth-order valence-electron chi connectivity index (χ4n) is 4.29. The standard InChI is InChI=1S/C21H19NO5S/c1-11(23)28-15-9-12(24)7-8-21(15)10-16(27-2)22-18-17(21)19(25)13-5-3-4-6-14(13)20(18)26/h3-8,15-16,22H,9-10H2,1-2H3/t15-,16?,21-/m0/s1. The summed E-state index contributed by atoms with van der Waals surface area (Å²) in [4.78, 5) is 50.7. The number of ketones is 3. The number of hydrogen-bond donors (Lipinski definition) is 1. The highest BCUT2D eigenvalue weighted by Gasteiger charge is 2.54. The number of fused-ring (bicyclic) bond motifs is 2. The molecule has 1 aromatic carbocycles. The van der Waals surface area contributed by atoms with E-state index in [1.807, 2.05) is 0 Å². The second-order valence-electron chi connectivity index (χ2n) is 7.17. The van der Waals surface area contributed by atoms with Crippen LogP contribution < -0.4 is 5.32 Å². The Hall–Kier alpha value is -2.51. The van der Waals surface area contributed by atoms with Crippen molar-refractivity contribution in [2.45, 2.75) is 31.2 Å². The van der Waals surface area contributed by atoms with Gasteiger partial charge in [0.1, 0.15) is 6.23 Å². The van der Waals surface area contributed by atoms with E-state index in [4.69, 9.17) is 4.74 Å². The molecule has 3 atom stereocenters. The van der Waals surface area contributed by atoms with Gasteiger partial charge in [-0.3, -0.25) is 19.2 Å². The van der Waals surface area contributed by atoms with Gasteiger partial charge >= 0.3 is 0 Å². The molecule has 1 aromatic rings. The van der Waals surface area contributed by atoms with Gasteiger partial charge in [-0.15, -0.1) is 0 Å². The van der Waals surface area contributed by atoms with Crippen molar-refractivity contribution in [1.29, 1.82) is 0 Å². The molecule has 4 rings (SSSR count). The summed E-state index contributed by atoms with van der Waals surface area (Å²) >= 11 is 1.05. The van der Waals surface area contributed by atoms with Crippen molar-refractivity contribution in [3.8, 4) is 0 Å². The molecule has 1 N–H and O–H groups in total. The highest BCUT2D eigenvalue weighted by Crippen LogP contribution is 2.52. The number of benzene rings is 1. The van der Waals surface area contributed by atoms with E-state index in [1.165, 1.54) is 20.1 Å².